The number of hydrogen-bond donors (Lipinski definition) is 1. The van der Waals surface area contributed by atoms with E-state index in [1.54, 1.807) is 54.6 Å². The summed E-state index contributed by atoms with van der Waals surface area (Å²) in [6, 6.07) is 17.4. The third-order valence-electron chi connectivity index (χ3n) is 5.25. The van der Waals surface area contributed by atoms with Gasteiger partial charge in [-0.25, -0.2) is 8.42 Å². The molecule has 0 radical (unpaired) electrons. The number of fused-ring (bicyclic) bond motifs is 1. The first-order valence-electron chi connectivity index (χ1n) is 9.94. The van der Waals surface area contributed by atoms with Crippen molar-refractivity contribution in [2.24, 2.45) is 0 Å². The van der Waals surface area contributed by atoms with E-state index < -0.39 is 9.84 Å². The van der Waals surface area contributed by atoms with Crippen molar-refractivity contribution in [3.05, 3.63) is 87.6 Å². The predicted molar refractivity (Wildman–Crippen MR) is 119 cm³/mol. The van der Waals surface area contributed by atoms with Crippen molar-refractivity contribution >= 4 is 27.1 Å². The van der Waals surface area contributed by atoms with Crippen molar-refractivity contribution in [3.8, 4) is 0 Å². The van der Waals surface area contributed by atoms with Crippen LogP contribution in [0.4, 0.5) is 0 Å². The SMILES string of the molecule is O=C(NCCN1CCc2sccc2C1)c1cccc(CS(=O)(=O)c2ccccc2)c1. The van der Waals surface area contributed by atoms with Gasteiger partial charge >= 0.3 is 0 Å². The molecular formula is C23H24N2O3S2. The van der Waals surface area contributed by atoms with E-state index in [1.165, 1.54) is 10.4 Å². The molecule has 2 heterocycles. The second-order valence-corrected chi connectivity index (χ2v) is 10.4. The van der Waals surface area contributed by atoms with E-state index in [0.717, 1.165) is 26.1 Å². The predicted octanol–water partition coefficient (Wildman–Crippen LogP) is 3.51. The number of benzene rings is 2. The van der Waals surface area contributed by atoms with Gasteiger partial charge in [0.1, 0.15) is 0 Å². The minimum absolute atomic E-state index is 0.130. The van der Waals surface area contributed by atoms with Crippen molar-refractivity contribution in [3.63, 3.8) is 0 Å². The molecule has 1 aromatic heterocycles. The third-order valence-corrected chi connectivity index (χ3v) is 7.98. The van der Waals surface area contributed by atoms with E-state index in [4.69, 9.17) is 0 Å². The zero-order chi connectivity index (χ0) is 21.0. The molecule has 0 spiro atoms. The van der Waals surface area contributed by atoms with Gasteiger partial charge in [0, 0.05) is 36.6 Å². The molecule has 0 saturated heterocycles. The Labute approximate surface area is 181 Å². The maximum atomic E-state index is 12.6. The third kappa shape index (κ3) is 4.98. The van der Waals surface area contributed by atoms with Crippen LogP contribution in [0.25, 0.3) is 0 Å². The lowest BCUT2D eigenvalue weighted by molar-refractivity contribution is 0.0947. The molecule has 1 aliphatic heterocycles. The largest absolute Gasteiger partial charge is 0.351 e. The number of nitrogens with one attached hydrogen (secondary N) is 1. The lowest BCUT2D eigenvalue weighted by Gasteiger charge is -2.26. The molecule has 1 aliphatic rings. The van der Waals surface area contributed by atoms with E-state index in [0.29, 0.717) is 17.7 Å². The number of thiophene rings is 1. The van der Waals surface area contributed by atoms with E-state index in [-0.39, 0.29) is 16.6 Å². The lowest BCUT2D eigenvalue weighted by atomic mass is 10.1. The van der Waals surface area contributed by atoms with Crippen LogP contribution in [0.1, 0.15) is 26.4 Å². The normalized spacial score (nSPS) is 14.3. The van der Waals surface area contributed by atoms with Crippen LogP contribution in [-0.2, 0) is 28.6 Å². The van der Waals surface area contributed by atoms with Crippen LogP contribution in [0, 0.1) is 0 Å². The van der Waals surface area contributed by atoms with Crippen molar-refractivity contribution in [1.29, 1.82) is 0 Å². The Hall–Kier alpha value is -2.48. The molecule has 1 amide bonds. The fourth-order valence-corrected chi connectivity index (χ4v) is 5.91. The topological polar surface area (TPSA) is 66.5 Å². The molecule has 3 aromatic rings. The van der Waals surface area contributed by atoms with Gasteiger partial charge < -0.3 is 5.32 Å². The van der Waals surface area contributed by atoms with Crippen LogP contribution in [0.15, 0.2) is 70.9 Å². The summed E-state index contributed by atoms with van der Waals surface area (Å²) < 4.78 is 25.2. The quantitative estimate of drug-likeness (QED) is 0.611. The van der Waals surface area contributed by atoms with Gasteiger partial charge in [-0.3, -0.25) is 9.69 Å². The van der Waals surface area contributed by atoms with Crippen LogP contribution in [-0.4, -0.2) is 38.9 Å². The average molecular weight is 441 g/mol. The first kappa shape index (κ1) is 20.8. The molecule has 0 saturated carbocycles. The molecule has 0 bridgehead atoms. The van der Waals surface area contributed by atoms with Gasteiger partial charge in [0.2, 0.25) is 0 Å². The molecule has 156 valence electrons. The summed E-state index contributed by atoms with van der Waals surface area (Å²) in [5, 5.41) is 5.10. The summed E-state index contributed by atoms with van der Waals surface area (Å²) in [7, 11) is -3.44. The highest BCUT2D eigenvalue weighted by Crippen LogP contribution is 2.23. The monoisotopic (exact) mass is 440 g/mol. The number of sulfone groups is 1. The molecule has 0 aliphatic carbocycles. The molecule has 0 atom stereocenters. The Bertz CT molecular complexity index is 1120. The Morgan fingerprint density at radius 3 is 2.73 bits per heavy atom. The van der Waals surface area contributed by atoms with Gasteiger partial charge in [0.25, 0.3) is 5.91 Å². The van der Waals surface area contributed by atoms with E-state index in [9.17, 15) is 13.2 Å². The van der Waals surface area contributed by atoms with E-state index >= 15 is 0 Å². The zero-order valence-electron chi connectivity index (χ0n) is 16.6. The Morgan fingerprint density at radius 2 is 1.90 bits per heavy atom. The highest BCUT2D eigenvalue weighted by atomic mass is 32.2. The fourth-order valence-electron chi connectivity index (χ4n) is 3.66. The standard InChI is InChI=1S/C23H24N2O3S2/c26-23(24-11-13-25-12-9-22-20(16-25)10-14-29-22)19-6-4-5-18(15-19)17-30(27,28)21-7-2-1-3-8-21/h1-8,10,14-15H,9,11-13,16-17H2,(H,24,26). The number of hydrogen-bond acceptors (Lipinski definition) is 5. The van der Waals surface area contributed by atoms with Gasteiger partial charge in [-0.1, -0.05) is 30.3 Å². The van der Waals surface area contributed by atoms with E-state index in [2.05, 4.69) is 21.7 Å². The number of carbonyl (C=O) groups is 1. The molecule has 0 unspecified atom stereocenters. The molecule has 4 rings (SSSR count). The summed E-state index contributed by atoms with van der Waals surface area (Å²) in [6.45, 7) is 3.30. The second-order valence-electron chi connectivity index (χ2n) is 7.42. The molecule has 7 heteroatoms. The molecular weight excluding hydrogens is 416 g/mol. The number of amides is 1. The average Bonchev–Trinajstić information content (AvgIpc) is 3.22. The van der Waals surface area contributed by atoms with Gasteiger partial charge in [-0.2, -0.15) is 0 Å². The van der Waals surface area contributed by atoms with Crippen molar-refractivity contribution < 1.29 is 13.2 Å². The summed E-state index contributed by atoms with van der Waals surface area (Å²) in [5.41, 5.74) is 2.48. The van der Waals surface area contributed by atoms with Crippen LogP contribution in [0.3, 0.4) is 0 Å². The molecule has 0 fully saturated rings. The summed E-state index contributed by atoms with van der Waals surface area (Å²) in [5.74, 6) is -0.309. The maximum Gasteiger partial charge on any atom is 0.251 e. The Kier molecular flexibility index (Phi) is 6.32. The van der Waals surface area contributed by atoms with Crippen molar-refractivity contribution in [2.45, 2.75) is 23.6 Å². The Balaban J connectivity index is 1.33. The van der Waals surface area contributed by atoms with Gasteiger partial charge in [-0.15, -0.1) is 11.3 Å². The molecule has 5 nitrogen and oxygen atoms in total. The van der Waals surface area contributed by atoms with Gasteiger partial charge in [0.05, 0.1) is 10.6 Å². The first-order chi connectivity index (χ1) is 14.5. The molecule has 2 aromatic carbocycles. The summed E-state index contributed by atoms with van der Waals surface area (Å²) in [6.07, 6.45) is 1.07. The van der Waals surface area contributed by atoms with Crippen LogP contribution in [0.5, 0.6) is 0 Å². The molecule has 30 heavy (non-hydrogen) atoms. The van der Waals surface area contributed by atoms with Crippen molar-refractivity contribution in [1.82, 2.24) is 10.2 Å². The number of nitrogens with zero attached hydrogens (tertiary/aromatic N) is 1. The fraction of sp³-hybridized carbons (Fsp3) is 0.261. The minimum atomic E-state index is -3.44. The van der Waals surface area contributed by atoms with Gasteiger partial charge in [0.15, 0.2) is 9.84 Å². The highest BCUT2D eigenvalue weighted by Gasteiger charge is 2.18. The maximum absolute atomic E-state index is 12.6. The highest BCUT2D eigenvalue weighted by molar-refractivity contribution is 7.90. The molecule has 1 N–H and O–H groups in total. The lowest BCUT2D eigenvalue weighted by Crippen LogP contribution is -2.37. The van der Waals surface area contributed by atoms with Crippen LogP contribution >= 0.6 is 11.3 Å². The number of carbonyl (C=O) groups excluding carboxylic acids is 1. The summed E-state index contributed by atoms with van der Waals surface area (Å²) >= 11 is 1.82. The zero-order valence-corrected chi connectivity index (χ0v) is 18.2. The van der Waals surface area contributed by atoms with Gasteiger partial charge in [-0.05, 0) is 53.3 Å². The first-order valence-corrected chi connectivity index (χ1v) is 12.5. The second kappa shape index (κ2) is 9.12. The summed E-state index contributed by atoms with van der Waals surface area (Å²) in [4.78, 5) is 16.7. The smallest absolute Gasteiger partial charge is 0.251 e. The minimum Gasteiger partial charge on any atom is -0.351 e. The van der Waals surface area contributed by atoms with E-state index in [1.807, 2.05) is 11.3 Å². The number of rotatable bonds is 7. The van der Waals surface area contributed by atoms with Crippen molar-refractivity contribution in [2.75, 3.05) is 19.6 Å². The van der Waals surface area contributed by atoms with Crippen LogP contribution < -0.4 is 5.32 Å². The Morgan fingerprint density at radius 1 is 1.07 bits per heavy atom. The van der Waals surface area contributed by atoms with Crippen LogP contribution in [0.2, 0.25) is 0 Å².